The van der Waals surface area contributed by atoms with Crippen molar-refractivity contribution in [1.29, 1.82) is 0 Å². The number of methoxy groups -OCH3 is 1. The van der Waals surface area contributed by atoms with E-state index < -0.39 is 21.2 Å². The summed E-state index contributed by atoms with van der Waals surface area (Å²) >= 11 is 1.34. The number of aliphatic hydroxyl groups is 1. The molecule has 110 valence electrons. The molecule has 1 rings (SSSR count). The Morgan fingerprint density at radius 2 is 2.30 bits per heavy atom. The first-order chi connectivity index (χ1) is 9.42. The fourth-order valence-electron chi connectivity index (χ4n) is 1.31. The van der Waals surface area contributed by atoms with Crippen LogP contribution in [0.25, 0.3) is 0 Å². The Labute approximate surface area is 121 Å². The standard InChI is InChI=1S/C12H15NO5S2/c1-9(12(15)18-2)20(16,17)13-8-11-10(4-3-6-14)5-7-19-11/h5,7,9,13-14H,6,8H2,1-2H3. The van der Waals surface area contributed by atoms with Gasteiger partial charge in [0, 0.05) is 17.0 Å². The van der Waals surface area contributed by atoms with Crippen molar-refractivity contribution in [3.05, 3.63) is 21.9 Å². The zero-order valence-corrected chi connectivity index (χ0v) is 12.7. The van der Waals surface area contributed by atoms with E-state index in [-0.39, 0.29) is 13.2 Å². The van der Waals surface area contributed by atoms with E-state index in [4.69, 9.17) is 5.11 Å². The minimum atomic E-state index is -3.80. The van der Waals surface area contributed by atoms with E-state index >= 15 is 0 Å². The molecule has 0 aliphatic rings. The van der Waals surface area contributed by atoms with Crippen LogP contribution in [0.2, 0.25) is 0 Å². The molecule has 1 aromatic rings. The molecule has 0 aliphatic heterocycles. The molecular formula is C12H15NO5S2. The first-order valence-corrected chi connectivity index (χ1v) is 8.07. The average molecular weight is 317 g/mol. The van der Waals surface area contributed by atoms with Gasteiger partial charge in [-0.2, -0.15) is 0 Å². The van der Waals surface area contributed by atoms with Crippen molar-refractivity contribution in [2.24, 2.45) is 0 Å². The number of carbonyl (C=O) groups is 1. The summed E-state index contributed by atoms with van der Waals surface area (Å²) in [6.07, 6.45) is 0. The molecular weight excluding hydrogens is 302 g/mol. The summed E-state index contributed by atoms with van der Waals surface area (Å²) in [6, 6.07) is 1.74. The molecule has 6 nitrogen and oxygen atoms in total. The highest BCUT2D eigenvalue weighted by molar-refractivity contribution is 7.90. The molecule has 1 atom stereocenters. The molecule has 0 spiro atoms. The molecule has 8 heteroatoms. The maximum atomic E-state index is 11.9. The Hall–Kier alpha value is -1.40. The van der Waals surface area contributed by atoms with Crippen LogP contribution in [0.4, 0.5) is 0 Å². The van der Waals surface area contributed by atoms with Crippen molar-refractivity contribution in [1.82, 2.24) is 4.72 Å². The molecule has 2 N–H and O–H groups in total. The van der Waals surface area contributed by atoms with Crippen LogP contribution in [0, 0.1) is 11.8 Å². The van der Waals surface area contributed by atoms with Crippen LogP contribution in [0.15, 0.2) is 11.4 Å². The van der Waals surface area contributed by atoms with Crippen LogP contribution < -0.4 is 4.72 Å². The highest BCUT2D eigenvalue weighted by atomic mass is 32.2. The van der Waals surface area contributed by atoms with E-state index in [1.807, 2.05) is 0 Å². The largest absolute Gasteiger partial charge is 0.468 e. The normalized spacial score (nSPS) is 12.3. The number of hydrogen-bond donors (Lipinski definition) is 2. The monoisotopic (exact) mass is 317 g/mol. The molecule has 0 aliphatic carbocycles. The fraction of sp³-hybridized carbons (Fsp3) is 0.417. The minimum Gasteiger partial charge on any atom is -0.468 e. The molecule has 0 amide bonds. The third-order valence-corrected chi connectivity index (χ3v) is 5.07. The number of sulfonamides is 1. The van der Waals surface area contributed by atoms with Gasteiger partial charge in [0.25, 0.3) is 0 Å². The molecule has 0 aromatic carbocycles. The van der Waals surface area contributed by atoms with Crippen molar-refractivity contribution in [3.63, 3.8) is 0 Å². The van der Waals surface area contributed by atoms with E-state index in [1.54, 1.807) is 11.4 Å². The fourth-order valence-corrected chi connectivity index (χ4v) is 3.11. The van der Waals surface area contributed by atoms with Gasteiger partial charge < -0.3 is 9.84 Å². The second-order valence-electron chi connectivity index (χ2n) is 3.75. The molecule has 1 aromatic heterocycles. The lowest BCUT2D eigenvalue weighted by Crippen LogP contribution is -2.37. The molecule has 0 saturated carbocycles. The number of ether oxygens (including phenoxy) is 1. The van der Waals surface area contributed by atoms with Gasteiger partial charge in [-0.05, 0) is 18.4 Å². The number of rotatable bonds is 5. The van der Waals surface area contributed by atoms with Gasteiger partial charge in [0.2, 0.25) is 10.0 Å². The van der Waals surface area contributed by atoms with E-state index in [2.05, 4.69) is 21.3 Å². The number of thiophene rings is 1. The van der Waals surface area contributed by atoms with Gasteiger partial charge in [-0.15, -0.1) is 11.3 Å². The SMILES string of the molecule is COC(=O)C(C)S(=O)(=O)NCc1sccc1C#CCO. The van der Waals surface area contributed by atoms with Crippen LogP contribution in [0.1, 0.15) is 17.4 Å². The molecule has 0 saturated heterocycles. The van der Waals surface area contributed by atoms with Gasteiger partial charge in [-0.1, -0.05) is 11.8 Å². The highest BCUT2D eigenvalue weighted by Gasteiger charge is 2.28. The van der Waals surface area contributed by atoms with Crippen molar-refractivity contribution in [3.8, 4) is 11.8 Å². The summed E-state index contributed by atoms with van der Waals surface area (Å²) < 4.78 is 30.5. The zero-order valence-electron chi connectivity index (χ0n) is 11.0. The van der Waals surface area contributed by atoms with Gasteiger partial charge in [-0.25, -0.2) is 13.1 Å². The summed E-state index contributed by atoms with van der Waals surface area (Å²) in [5, 5.41) is 9.14. The highest BCUT2D eigenvalue weighted by Crippen LogP contribution is 2.16. The first kappa shape index (κ1) is 16.7. The number of esters is 1. The predicted molar refractivity (Wildman–Crippen MR) is 75.5 cm³/mol. The van der Waals surface area contributed by atoms with Gasteiger partial charge in [0.15, 0.2) is 5.25 Å². The Morgan fingerprint density at radius 3 is 2.90 bits per heavy atom. The van der Waals surface area contributed by atoms with E-state index in [0.717, 1.165) is 7.11 Å². The Morgan fingerprint density at radius 1 is 1.60 bits per heavy atom. The van der Waals surface area contributed by atoms with E-state index in [9.17, 15) is 13.2 Å². The molecule has 0 fully saturated rings. The van der Waals surface area contributed by atoms with Crippen molar-refractivity contribution in [2.75, 3.05) is 13.7 Å². The Bertz CT molecular complexity index is 624. The molecule has 20 heavy (non-hydrogen) atoms. The van der Waals surface area contributed by atoms with Crippen LogP contribution in [0.5, 0.6) is 0 Å². The summed E-state index contributed by atoms with van der Waals surface area (Å²) in [4.78, 5) is 12.0. The van der Waals surface area contributed by atoms with Crippen LogP contribution in [-0.2, 0) is 26.1 Å². The minimum absolute atomic E-state index is 0.0385. The van der Waals surface area contributed by atoms with Crippen molar-refractivity contribution < 1.29 is 23.1 Å². The second-order valence-corrected chi connectivity index (χ2v) is 6.84. The van der Waals surface area contributed by atoms with Crippen molar-refractivity contribution in [2.45, 2.75) is 18.7 Å². The number of aliphatic hydroxyl groups excluding tert-OH is 1. The van der Waals surface area contributed by atoms with Crippen LogP contribution in [-0.4, -0.2) is 38.5 Å². The maximum absolute atomic E-state index is 11.9. The van der Waals surface area contributed by atoms with Gasteiger partial charge >= 0.3 is 5.97 Å². The summed E-state index contributed by atoms with van der Waals surface area (Å²) in [5.41, 5.74) is 0.650. The lowest BCUT2D eigenvalue weighted by molar-refractivity contribution is -0.139. The van der Waals surface area contributed by atoms with Crippen LogP contribution in [0.3, 0.4) is 0 Å². The third-order valence-electron chi connectivity index (χ3n) is 2.48. The molecule has 0 radical (unpaired) electrons. The van der Waals surface area contributed by atoms with E-state index in [0.29, 0.717) is 10.4 Å². The molecule has 1 unspecified atom stereocenters. The average Bonchev–Trinajstić information content (AvgIpc) is 2.88. The summed E-state index contributed by atoms with van der Waals surface area (Å²) in [7, 11) is -2.67. The smallest absolute Gasteiger partial charge is 0.325 e. The second kappa shape index (κ2) is 7.40. The number of hydrogen-bond acceptors (Lipinski definition) is 6. The molecule has 0 bridgehead atoms. The summed E-state index contributed by atoms with van der Waals surface area (Å²) in [5.74, 6) is 4.41. The third kappa shape index (κ3) is 4.31. The predicted octanol–water partition coefficient (Wildman–Crippen LogP) is 0.0728. The number of carbonyl (C=O) groups excluding carboxylic acids is 1. The quantitative estimate of drug-likeness (QED) is 0.592. The maximum Gasteiger partial charge on any atom is 0.325 e. The molecule has 1 heterocycles. The van der Waals surface area contributed by atoms with Crippen molar-refractivity contribution >= 4 is 27.3 Å². The Balaban J connectivity index is 2.77. The van der Waals surface area contributed by atoms with Crippen LogP contribution >= 0.6 is 11.3 Å². The number of nitrogens with one attached hydrogen (secondary N) is 1. The topological polar surface area (TPSA) is 92.7 Å². The first-order valence-electron chi connectivity index (χ1n) is 5.64. The van der Waals surface area contributed by atoms with Gasteiger partial charge in [0.1, 0.15) is 6.61 Å². The summed E-state index contributed by atoms with van der Waals surface area (Å²) in [6.45, 7) is 1.03. The lowest BCUT2D eigenvalue weighted by atomic mass is 10.2. The van der Waals surface area contributed by atoms with Gasteiger partial charge in [-0.3, -0.25) is 4.79 Å². The lowest BCUT2D eigenvalue weighted by Gasteiger charge is -2.11. The zero-order chi connectivity index (χ0) is 15.2. The van der Waals surface area contributed by atoms with Gasteiger partial charge in [0.05, 0.1) is 7.11 Å². The van der Waals surface area contributed by atoms with E-state index in [1.165, 1.54) is 18.3 Å². The Kier molecular flexibility index (Phi) is 6.16.